The van der Waals surface area contributed by atoms with Crippen molar-refractivity contribution in [3.8, 4) is 11.5 Å². The first-order valence-corrected chi connectivity index (χ1v) is 9.71. The Balaban J connectivity index is 1.65. The van der Waals surface area contributed by atoms with Gasteiger partial charge in [0.05, 0.1) is 0 Å². The van der Waals surface area contributed by atoms with Crippen LogP contribution in [-0.2, 0) is 9.59 Å². The molecule has 6 nitrogen and oxygen atoms in total. The summed E-state index contributed by atoms with van der Waals surface area (Å²) in [4.78, 5) is 23.9. The number of ether oxygens (including phenoxy) is 2. The number of hydrogen-bond donors (Lipinski definition) is 2. The molecule has 2 N–H and O–H groups in total. The lowest BCUT2D eigenvalue weighted by Crippen LogP contribution is -2.38. The van der Waals surface area contributed by atoms with Gasteiger partial charge in [-0.05, 0) is 62.9 Å². The highest BCUT2D eigenvalue weighted by molar-refractivity contribution is 5.78. The lowest BCUT2D eigenvalue weighted by Gasteiger charge is -2.14. The minimum absolute atomic E-state index is 0.0606. The lowest BCUT2D eigenvalue weighted by atomic mass is 10.1. The zero-order chi connectivity index (χ0) is 21.4. The Morgan fingerprint density at radius 3 is 1.97 bits per heavy atom. The van der Waals surface area contributed by atoms with Crippen molar-refractivity contribution in [1.29, 1.82) is 0 Å². The van der Waals surface area contributed by atoms with Gasteiger partial charge in [0.2, 0.25) is 0 Å². The summed E-state index contributed by atoms with van der Waals surface area (Å²) in [6, 6.07) is 9.81. The minimum Gasteiger partial charge on any atom is -0.484 e. The third kappa shape index (κ3) is 6.82. The zero-order valence-corrected chi connectivity index (χ0v) is 17.8. The highest BCUT2D eigenvalue weighted by atomic mass is 16.5. The largest absolute Gasteiger partial charge is 0.484 e. The number of aryl methyl sites for hydroxylation is 4. The molecule has 0 aliphatic carbocycles. The van der Waals surface area contributed by atoms with E-state index in [1.807, 2.05) is 65.0 Å². The van der Waals surface area contributed by atoms with Crippen molar-refractivity contribution in [3.05, 3.63) is 58.1 Å². The lowest BCUT2D eigenvalue weighted by molar-refractivity contribution is -0.124. The molecule has 0 bridgehead atoms. The second-order valence-corrected chi connectivity index (χ2v) is 7.20. The van der Waals surface area contributed by atoms with Gasteiger partial charge in [0.25, 0.3) is 11.8 Å². The van der Waals surface area contributed by atoms with E-state index in [2.05, 4.69) is 10.6 Å². The molecular formula is C23H30N2O4. The molecule has 6 heteroatoms. The third-order valence-corrected chi connectivity index (χ3v) is 4.68. The predicted molar refractivity (Wildman–Crippen MR) is 114 cm³/mol. The summed E-state index contributed by atoms with van der Waals surface area (Å²) in [6.45, 7) is 10.4. The van der Waals surface area contributed by atoms with Crippen LogP contribution in [0.5, 0.6) is 11.5 Å². The van der Waals surface area contributed by atoms with Gasteiger partial charge < -0.3 is 20.1 Å². The molecule has 2 amide bonds. The molecule has 0 aromatic heterocycles. The fraction of sp³-hybridized carbons (Fsp3) is 0.391. The first-order valence-electron chi connectivity index (χ1n) is 9.71. The van der Waals surface area contributed by atoms with Crippen LogP contribution < -0.4 is 20.1 Å². The van der Waals surface area contributed by atoms with Crippen LogP contribution in [0.2, 0.25) is 0 Å². The van der Waals surface area contributed by atoms with Crippen LogP contribution in [0.4, 0.5) is 0 Å². The van der Waals surface area contributed by atoms with Gasteiger partial charge in [0.1, 0.15) is 11.5 Å². The number of carbonyl (C=O) groups is 2. The predicted octanol–water partition coefficient (Wildman–Crippen LogP) is 2.92. The maximum Gasteiger partial charge on any atom is 0.258 e. The first-order chi connectivity index (χ1) is 13.8. The average Bonchev–Trinajstić information content (AvgIpc) is 2.67. The van der Waals surface area contributed by atoms with Crippen LogP contribution in [0.15, 0.2) is 30.3 Å². The molecule has 2 aromatic carbocycles. The Bertz CT molecular complexity index is 877. The number of hydrogen-bond acceptors (Lipinski definition) is 4. The monoisotopic (exact) mass is 398 g/mol. The standard InChI is InChI=1S/C23H30N2O4/c1-15-6-9-20(18(4)12-15)28-13-21(26)24-10-11-25-22(27)14-29-23-17(3)8-7-16(2)19(23)5/h6-9,12H,10-11,13-14H2,1-5H3,(H,24,26)(H,25,27). The zero-order valence-electron chi connectivity index (χ0n) is 17.8. The van der Waals surface area contributed by atoms with Crippen molar-refractivity contribution in [3.63, 3.8) is 0 Å². The highest BCUT2D eigenvalue weighted by Gasteiger charge is 2.09. The smallest absolute Gasteiger partial charge is 0.258 e. The molecule has 156 valence electrons. The van der Waals surface area contributed by atoms with E-state index in [4.69, 9.17) is 9.47 Å². The van der Waals surface area contributed by atoms with Crippen molar-refractivity contribution in [2.45, 2.75) is 34.6 Å². The molecule has 0 atom stereocenters. The quantitative estimate of drug-likeness (QED) is 0.637. The van der Waals surface area contributed by atoms with Crippen LogP contribution >= 0.6 is 0 Å². The van der Waals surface area contributed by atoms with E-state index in [1.165, 1.54) is 0 Å². The molecule has 2 rings (SSSR count). The molecule has 0 aliphatic heterocycles. The van der Waals surface area contributed by atoms with E-state index in [1.54, 1.807) is 0 Å². The van der Waals surface area contributed by atoms with Crippen LogP contribution in [0.25, 0.3) is 0 Å². The first kappa shape index (κ1) is 22.3. The molecule has 29 heavy (non-hydrogen) atoms. The van der Waals surface area contributed by atoms with Crippen molar-refractivity contribution < 1.29 is 19.1 Å². The van der Waals surface area contributed by atoms with E-state index < -0.39 is 0 Å². The van der Waals surface area contributed by atoms with E-state index >= 15 is 0 Å². The second-order valence-electron chi connectivity index (χ2n) is 7.20. The fourth-order valence-corrected chi connectivity index (χ4v) is 2.90. The minimum atomic E-state index is -0.235. The van der Waals surface area contributed by atoms with Crippen molar-refractivity contribution in [1.82, 2.24) is 10.6 Å². The van der Waals surface area contributed by atoms with Crippen LogP contribution in [0, 0.1) is 34.6 Å². The van der Waals surface area contributed by atoms with Crippen LogP contribution in [0.1, 0.15) is 27.8 Å². The van der Waals surface area contributed by atoms with Gasteiger partial charge in [0.15, 0.2) is 13.2 Å². The summed E-state index contributed by atoms with van der Waals surface area (Å²) in [5.74, 6) is 0.975. The molecule has 0 fully saturated rings. The van der Waals surface area contributed by atoms with E-state index in [9.17, 15) is 9.59 Å². The van der Waals surface area contributed by atoms with Gasteiger partial charge in [0, 0.05) is 13.1 Å². The molecule has 0 radical (unpaired) electrons. The number of carbonyl (C=O) groups excluding carboxylic acids is 2. The van der Waals surface area contributed by atoms with Crippen molar-refractivity contribution in [2.75, 3.05) is 26.3 Å². The average molecular weight is 399 g/mol. The Morgan fingerprint density at radius 2 is 1.34 bits per heavy atom. The number of nitrogens with one attached hydrogen (secondary N) is 2. The Labute approximate surface area is 172 Å². The molecular weight excluding hydrogens is 368 g/mol. The summed E-state index contributed by atoms with van der Waals surface area (Å²) in [5.41, 5.74) is 5.29. The normalized spacial score (nSPS) is 10.4. The van der Waals surface area contributed by atoms with Crippen LogP contribution in [0.3, 0.4) is 0 Å². The van der Waals surface area contributed by atoms with Gasteiger partial charge in [-0.1, -0.05) is 29.8 Å². The molecule has 0 spiro atoms. The molecule has 0 saturated carbocycles. The Hall–Kier alpha value is -3.02. The number of amides is 2. The summed E-state index contributed by atoms with van der Waals surface area (Å²) in [6.07, 6.45) is 0. The van der Waals surface area contributed by atoms with Gasteiger partial charge in [-0.2, -0.15) is 0 Å². The Morgan fingerprint density at radius 1 is 0.759 bits per heavy atom. The maximum atomic E-state index is 12.0. The van der Waals surface area contributed by atoms with Gasteiger partial charge in [-0.3, -0.25) is 9.59 Å². The van der Waals surface area contributed by atoms with Crippen molar-refractivity contribution >= 4 is 11.8 Å². The fourth-order valence-electron chi connectivity index (χ4n) is 2.90. The summed E-state index contributed by atoms with van der Waals surface area (Å²) >= 11 is 0. The molecule has 0 aliphatic rings. The van der Waals surface area contributed by atoms with Gasteiger partial charge in [-0.25, -0.2) is 0 Å². The van der Waals surface area contributed by atoms with E-state index in [0.717, 1.165) is 33.6 Å². The molecule has 0 unspecified atom stereocenters. The van der Waals surface area contributed by atoms with E-state index in [-0.39, 0.29) is 25.0 Å². The van der Waals surface area contributed by atoms with Gasteiger partial charge in [-0.15, -0.1) is 0 Å². The second kappa shape index (κ2) is 10.5. The highest BCUT2D eigenvalue weighted by Crippen LogP contribution is 2.25. The third-order valence-electron chi connectivity index (χ3n) is 4.68. The SMILES string of the molecule is Cc1ccc(OCC(=O)NCCNC(=O)COc2c(C)ccc(C)c2C)c(C)c1. The van der Waals surface area contributed by atoms with Crippen molar-refractivity contribution in [2.24, 2.45) is 0 Å². The van der Waals surface area contributed by atoms with E-state index in [0.29, 0.717) is 18.8 Å². The maximum absolute atomic E-state index is 12.0. The molecule has 0 saturated heterocycles. The summed E-state index contributed by atoms with van der Waals surface area (Å²) in [7, 11) is 0. The summed E-state index contributed by atoms with van der Waals surface area (Å²) < 4.78 is 11.2. The number of rotatable bonds is 9. The molecule has 0 heterocycles. The van der Waals surface area contributed by atoms with Gasteiger partial charge >= 0.3 is 0 Å². The summed E-state index contributed by atoms with van der Waals surface area (Å²) in [5, 5.41) is 5.45. The Kier molecular flexibility index (Phi) is 8.07. The topological polar surface area (TPSA) is 76.7 Å². The molecule has 2 aromatic rings. The number of benzene rings is 2. The van der Waals surface area contributed by atoms with Crippen LogP contribution in [-0.4, -0.2) is 38.1 Å².